The second kappa shape index (κ2) is 7.23. The Kier molecular flexibility index (Phi) is 6.70. The van der Waals surface area contributed by atoms with Crippen LogP contribution in [0.4, 0.5) is 0 Å². The van der Waals surface area contributed by atoms with Gasteiger partial charge in [0.25, 0.3) is 0 Å². The molecule has 2 atom stereocenters. The van der Waals surface area contributed by atoms with E-state index in [0.717, 1.165) is 6.42 Å². The fourth-order valence-electron chi connectivity index (χ4n) is 1.06. The number of carbonyl (C=O) groups is 2. The standard InChI is InChI=1S/C10H19NO4/c1-5-7(2)11-8(10(13)15-4)6-9(12)14-3/h7-8,11H,5-6H2,1-4H3. The number of carbonyl (C=O) groups excluding carboxylic acids is 2. The quantitative estimate of drug-likeness (QED) is 0.655. The van der Waals surface area contributed by atoms with Crippen molar-refractivity contribution in [1.29, 1.82) is 0 Å². The lowest BCUT2D eigenvalue weighted by Gasteiger charge is -2.19. The fraction of sp³-hybridized carbons (Fsp3) is 0.800. The second-order valence-electron chi connectivity index (χ2n) is 3.33. The van der Waals surface area contributed by atoms with Gasteiger partial charge < -0.3 is 14.8 Å². The normalized spacial score (nSPS) is 14.1. The first-order chi connectivity index (χ1) is 7.04. The summed E-state index contributed by atoms with van der Waals surface area (Å²) in [6.07, 6.45) is 0.863. The number of methoxy groups -OCH3 is 2. The van der Waals surface area contributed by atoms with Gasteiger partial charge in [0.1, 0.15) is 6.04 Å². The van der Waals surface area contributed by atoms with Crippen LogP contribution in [0, 0.1) is 0 Å². The van der Waals surface area contributed by atoms with Crippen molar-refractivity contribution in [3.8, 4) is 0 Å². The molecule has 88 valence electrons. The molecule has 2 unspecified atom stereocenters. The summed E-state index contributed by atoms with van der Waals surface area (Å²) in [7, 11) is 2.59. The number of esters is 2. The van der Waals surface area contributed by atoms with Gasteiger partial charge in [-0.15, -0.1) is 0 Å². The monoisotopic (exact) mass is 217 g/mol. The molecule has 0 radical (unpaired) electrons. The van der Waals surface area contributed by atoms with Crippen LogP contribution in [0.3, 0.4) is 0 Å². The number of rotatable bonds is 6. The van der Waals surface area contributed by atoms with Crippen molar-refractivity contribution < 1.29 is 19.1 Å². The molecule has 1 N–H and O–H groups in total. The fourth-order valence-corrected chi connectivity index (χ4v) is 1.06. The molecule has 0 aromatic carbocycles. The number of hydrogen-bond acceptors (Lipinski definition) is 5. The molecule has 5 nitrogen and oxygen atoms in total. The molecule has 0 aliphatic heterocycles. The molecule has 0 bridgehead atoms. The minimum atomic E-state index is -0.627. The average molecular weight is 217 g/mol. The highest BCUT2D eigenvalue weighted by molar-refractivity contribution is 5.82. The summed E-state index contributed by atoms with van der Waals surface area (Å²) in [6, 6.07) is -0.476. The molecular formula is C10H19NO4. The second-order valence-corrected chi connectivity index (χ2v) is 3.33. The van der Waals surface area contributed by atoms with E-state index in [1.54, 1.807) is 0 Å². The van der Waals surface area contributed by atoms with E-state index in [4.69, 9.17) is 0 Å². The Balaban J connectivity index is 4.31. The summed E-state index contributed by atoms with van der Waals surface area (Å²) >= 11 is 0. The third-order valence-corrected chi connectivity index (χ3v) is 2.18. The summed E-state index contributed by atoms with van der Waals surface area (Å²) in [5, 5.41) is 3.01. The molecule has 0 aliphatic carbocycles. The zero-order valence-corrected chi connectivity index (χ0v) is 9.70. The van der Waals surface area contributed by atoms with Crippen LogP contribution in [0.25, 0.3) is 0 Å². The number of nitrogens with one attached hydrogen (secondary N) is 1. The smallest absolute Gasteiger partial charge is 0.323 e. The molecular weight excluding hydrogens is 198 g/mol. The van der Waals surface area contributed by atoms with Crippen LogP contribution in [-0.2, 0) is 19.1 Å². The van der Waals surface area contributed by atoms with Crippen molar-refractivity contribution in [3.05, 3.63) is 0 Å². The summed E-state index contributed by atoms with van der Waals surface area (Å²) in [4.78, 5) is 22.4. The van der Waals surface area contributed by atoms with E-state index in [-0.39, 0.29) is 12.5 Å². The van der Waals surface area contributed by atoms with Crippen LogP contribution in [0.15, 0.2) is 0 Å². The first kappa shape index (κ1) is 13.9. The molecule has 0 saturated carbocycles. The average Bonchev–Trinajstić information content (AvgIpc) is 2.26. The molecule has 0 heterocycles. The lowest BCUT2D eigenvalue weighted by atomic mass is 10.1. The molecule has 5 heteroatoms. The van der Waals surface area contributed by atoms with E-state index in [1.807, 2.05) is 13.8 Å². The van der Waals surface area contributed by atoms with Crippen molar-refractivity contribution in [3.63, 3.8) is 0 Å². The lowest BCUT2D eigenvalue weighted by molar-refractivity contribution is -0.149. The predicted molar refractivity (Wildman–Crippen MR) is 55.3 cm³/mol. The lowest BCUT2D eigenvalue weighted by Crippen LogP contribution is -2.44. The largest absolute Gasteiger partial charge is 0.469 e. The third-order valence-electron chi connectivity index (χ3n) is 2.18. The van der Waals surface area contributed by atoms with Crippen molar-refractivity contribution in [2.24, 2.45) is 0 Å². The highest BCUT2D eigenvalue weighted by atomic mass is 16.5. The Hall–Kier alpha value is -1.10. The minimum Gasteiger partial charge on any atom is -0.469 e. The summed E-state index contributed by atoms with van der Waals surface area (Å²) < 4.78 is 9.10. The zero-order chi connectivity index (χ0) is 11.8. The molecule has 0 aliphatic rings. The Labute approximate surface area is 90.1 Å². The maximum atomic E-state index is 11.3. The molecule has 0 rings (SSSR count). The first-order valence-electron chi connectivity index (χ1n) is 4.95. The highest BCUT2D eigenvalue weighted by Gasteiger charge is 2.23. The van der Waals surface area contributed by atoms with E-state index in [2.05, 4.69) is 14.8 Å². The van der Waals surface area contributed by atoms with Gasteiger partial charge in [0, 0.05) is 6.04 Å². The molecule has 0 aromatic rings. The zero-order valence-electron chi connectivity index (χ0n) is 9.70. The van der Waals surface area contributed by atoms with Crippen LogP contribution in [0.5, 0.6) is 0 Å². The Morgan fingerprint density at radius 1 is 1.27 bits per heavy atom. The Morgan fingerprint density at radius 2 is 1.87 bits per heavy atom. The highest BCUT2D eigenvalue weighted by Crippen LogP contribution is 2.01. The molecule has 0 aromatic heterocycles. The number of hydrogen-bond donors (Lipinski definition) is 1. The van der Waals surface area contributed by atoms with Gasteiger partial charge in [-0.1, -0.05) is 6.92 Å². The molecule has 0 amide bonds. The van der Waals surface area contributed by atoms with E-state index in [9.17, 15) is 9.59 Å². The van der Waals surface area contributed by atoms with E-state index in [0.29, 0.717) is 0 Å². The van der Waals surface area contributed by atoms with Crippen LogP contribution in [-0.4, -0.2) is 38.2 Å². The van der Waals surface area contributed by atoms with Crippen LogP contribution < -0.4 is 5.32 Å². The van der Waals surface area contributed by atoms with Crippen molar-refractivity contribution in [2.75, 3.05) is 14.2 Å². The van der Waals surface area contributed by atoms with Gasteiger partial charge in [0.15, 0.2) is 0 Å². The van der Waals surface area contributed by atoms with Crippen molar-refractivity contribution in [2.45, 2.75) is 38.8 Å². The molecule has 0 saturated heterocycles. The van der Waals surface area contributed by atoms with Gasteiger partial charge in [0.2, 0.25) is 0 Å². The van der Waals surface area contributed by atoms with Gasteiger partial charge in [0.05, 0.1) is 20.6 Å². The molecule has 0 fully saturated rings. The predicted octanol–water partition coefficient (Wildman–Crippen LogP) is 0.479. The summed E-state index contributed by atoms with van der Waals surface area (Å²) in [5.74, 6) is -0.873. The van der Waals surface area contributed by atoms with Crippen LogP contribution >= 0.6 is 0 Å². The van der Waals surface area contributed by atoms with Gasteiger partial charge >= 0.3 is 11.9 Å². The molecule has 15 heavy (non-hydrogen) atoms. The van der Waals surface area contributed by atoms with Crippen molar-refractivity contribution >= 4 is 11.9 Å². The topological polar surface area (TPSA) is 64.6 Å². The summed E-state index contributed by atoms with van der Waals surface area (Å²) in [6.45, 7) is 3.93. The van der Waals surface area contributed by atoms with Gasteiger partial charge in [-0.05, 0) is 13.3 Å². The number of ether oxygens (including phenoxy) is 2. The van der Waals surface area contributed by atoms with Crippen molar-refractivity contribution in [1.82, 2.24) is 5.32 Å². The minimum absolute atomic E-state index is 0.00644. The van der Waals surface area contributed by atoms with Gasteiger partial charge in [-0.2, -0.15) is 0 Å². The molecule has 0 spiro atoms. The maximum Gasteiger partial charge on any atom is 0.323 e. The van der Waals surface area contributed by atoms with E-state index < -0.39 is 18.0 Å². The van der Waals surface area contributed by atoms with Gasteiger partial charge in [-0.25, -0.2) is 0 Å². The van der Waals surface area contributed by atoms with Crippen LogP contribution in [0.1, 0.15) is 26.7 Å². The van der Waals surface area contributed by atoms with Crippen LogP contribution in [0.2, 0.25) is 0 Å². The first-order valence-corrected chi connectivity index (χ1v) is 4.95. The Bertz CT molecular complexity index is 217. The van der Waals surface area contributed by atoms with Gasteiger partial charge in [-0.3, -0.25) is 9.59 Å². The SMILES string of the molecule is CCC(C)NC(CC(=O)OC)C(=O)OC. The maximum absolute atomic E-state index is 11.3. The summed E-state index contributed by atoms with van der Waals surface area (Å²) in [5.41, 5.74) is 0. The third kappa shape index (κ3) is 5.37. The Morgan fingerprint density at radius 3 is 2.27 bits per heavy atom. The van der Waals surface area contributed by atoms with E-state index >= 15 is 0 Å². The van der Waals surface area contributed by atoms with E-state index in [1.165, 1.54) is 14.2 Å².